The molecule has 0 aliphatic rings. The van der Waals surface area contributed by atoms with Crippen LogP contribution in [0.2, 0.25) is 0 Å². The van der Waals surface area contributed by atoms with Gasteiger partial charge >= 0.3 is 0 Å². The zero-order valence-electron chi connectivity index (χ0n) is 69.9. The third-order valence-corrected chi connectivity index (χ3v) is 26.1. The maximum Gasteiger partial charge on any atom is 0.143 e. The number of pyridine rings is 3. The average Bonchev–Trinajstić information content (AvgIpc) is 1.40. The molecule has 6 heterocycles. The van der Waals surface area contributed by atoms with Crippen molar-refractivity contribution < 1.29 is 13.3 Å². The minimum atomic E-state index is 0.890. The predicted octanol–water partition coefficient (Wildman–Crippen LogP) is 34.3. The normalized spacial score (nSPS) is 11.7. The average molecular weight is 1640 g/mol. The monoisotopic (exact) mass is 1640 g/mol. The van der Waals surface area contributed by atoms with Gasteiger partial charge in [0.15, 0.2) is 0 Å². The van der Waals surface area contributed by atoms with E-state index in [-0.39, 0.29) is 0 Å². The van der Waals surface area contributed by atoms with E-state index in [2.05, 4.69) is 437 Å². The van der Waals surface area contributed by atoms with Crippen LogP contribution in [0.25, 0.3) is 263 Å². The highest BCUT2D eigenvalue weighted by atomic mass is 16.3. The van der Waals surface area contributed by atoms with Gasteiger partial charge in [0.05, 0.1) is 17.1 Å². The first-order valence-corrected chi connectivity index (χ1v) is 43.9. The molecule has 21 aromatic carbocycles. The SMILES string of the molecule is c1ccc(-c2c3ccccc3c(-c3ccc(-c4ccc5c(c4)oc4c6ccccc6ccc54)cn3)c3ccccc23)cc1.c1ccc(-c2c3ccccc3c(-c3ccc(-c4ccc5oc6c7ccccc7ccc6c5c4)cn3)c3ccccc23)cc1.c1ccc(-c2c3ccccc3c(-c3ccc(-c4cccc5oc6c7ccccc7ccc6c45)cn3)c3ccccc23)cc1. The number of aromatic nitrogens is 3. The lowest BCUT2D eigenvalue weighted by atomic mass is 9.87. The van der Waals surface area contributed by atoms with Crippen LogP contribution in [0.5, 0.6) is 0 Å². The van der Waals surface area contributed by atoms with E-state index >= 15 is 0 Å². The van der Waals surface area contributed by atoms with Gasteiger partial charge in [-0.2, -0.15) is 0 Å². The first-order valence-electron chi connectivity index (χ1n) is 43.9. The van der Waals surface area contributed by atoms with E-state index in [9.17, 15) is 0 Å². The van der Waals surface area contributed by atoms with Crippen LogP contribution in [-0.2, 0) is 0 Å². The van der Waals surface area contributed by atoms with Crippen LogP contribution < -0.4 is 0 Å². The molecule has 0 radical (unpaired) electrons. The molecule has 6 heteroatoms. The summed E-state index contributed by atoms with van der Waals surface area (Å²) < 4.78 is 19.2. The molecule has 0 fully saturated rings. The number of furan rings is 3. The Hall–Kier alpha value is -17.2. The topological polar surface area (TPSA) is 78.1 Å². The fourth-order valence-corrected chi connectivity index (χ4v) is 20.2. The molecule has 0 bridgehead atoms. The zero-order valence-corrected chi connectivity index (χ0v) is 69.9. The van der Waals surface area contributed by atoms with Crippen molar-refractivity contribution in [2.24, 2.45) is 0 Å². The van der Waals surface area contributed by atoms with Crippen molar-refractivity contribution in [3.8, 4) is 101 Å². The summed E-state index contributed by atoms with van der Waals surface area (Å²) in [4.78, 5) is 15.3. The Balaban J connectivity index is 0.000000105. The largest absolute Gasteiger partial charge is 0.455 e. The van der Waals surface area contributed by atoms with Crippen molar-refractivity contribution in [1.82, 2.24) is 15.0 Å². The molecule has 0 unspecified atom stereocenters. The van der Waals surface area contributed by atoms with Crippen LogP contribution >= 0.6 is 0 Å². The molecular formula is C123H75N3O3. The van der Waals surface area contributed by atoms with E-state index in [1.807, 2.05) is 18.6 Å². The number of hydrogen-bond acceptors (Lipinski definition) is 6. The molecule has 0 spiro atoms. The molecule has 0 aliphatic carbocycles. The lowest BCUT2D eigenvalue weighted by molar-refractivity contribution is 0.672. The Morgan fingerprint density at radius 2 is 0.442 bits per heavy atom. The molecule has 0 saturated heterocycles. The minimum absolute atomic E-state index is 0.890. The van der Waals surface area contributed by atoms with Crippen molar-refractivity contribution >= 4 is 163 Å². The molecule has 0 saturated carbocycles. The van der Waals surface area contributed by atoms with Gasteiger partial charge in [-0.3, -0.25) is 15.0 Å². The van der Waals surface area contributed by atoms with Crippen LogP contribution in [0.1, 0.15) is 0 Å². The number of nitrogens with zero attached hydrogens (tertiary/aromatic N) is 3. The Kier molecular flexibility index (Phi) is 17.9. The smallest absolute Gasteiger partial charge is 0.143 e. The van der Waals surface area contributed by atoms with Crippen LogP contribution in [0.3, 0.4) is 0 Å². The first-order chi connectivity index (χ1) is 64.0. The maximum absolute atomic E-state index is 6.44. The van der Waals surface area contributed by atoms with E-state index in [0.717, 1.165) is 144 Å². The molecule has 0 aliphatic heterocycles. The second-order valence-corrected chi connectivity index (χ2v) is 33.3. The number of benzene rings is 21. The van der Waals surface area contributed by atoms with E-state index in [0.29, 0.717) is 0 Å². The third kappa shape index (κ3) is 12.6. The van der Waals surface area contributed by atoms with Gasteiger partial charge in [-0.1, -0.05) is 370 Å². The Morgan fingerprint density at radius 1 is 0.147 bits per heavy atom. The second-order valence-electron chi connectivity index (χ2n) is 33.3. The van der Waals surface area contributed by atoms with Crippen molar-refractivity contribution in [2.45, 2.75) is 0 Å². The summed E-state index contributed by atoms with van der Waals surface area (Å²) in [5, 5.41) is 28.4. The van der Waals surface area contributed by atoms with Gasteiger partial charge in [0.25, 0.3) is 0 Å². The molecule has 0 N–H and O–H groups in total. The van der Waals surface area contributed by atoms with E-state index in [1.54, 1.807) is 0 Å². The predicted molar refractivity (Wildman–Crippen MR) is 541 cm³/mol. The highest BCUT2D eigenvalue weighted by Gasteiger charge is 2.24. The molecule has 27 aromatic rings. The fraction of sp³-hybridized carbons (Fsp3) is 0. The molecule has 129 heavy (non-hydrogen) atoms. The zero-order chi connectivity index (χ0) is 85.0. The highest BCUT2D eigenvalue weighted by molar-refractivity contribution is 6.26. The van der Waals surface area contributed by atoms with Gasteiger partial charge in [-0.15, -0.1) is 0 Å². The summed E-state index contributed by atoms with van der Waals surface area (Å²) in [5.74, 6) is 0. The standard InChI is InChI=1S/3C41H25NO/c1-2-12-27(13-3-1)38-31-15-6-8-17-33(31)39(34-18-9-7-16-32(34)38)36-24-22-28(25-42-36)29-19-10-20-37-40(29)35-23-21-26-11-4-5-14-30(26)41(35)43-37;1-2-11-27(12-3-1)39-32-14-6-8-16-34(32)40(35-17-9-7-15-33(35)39)37-23-20-29(25-42-37)28-19-21-31-36-22-18-26-10-4-5-13-30(26)41(36)43-38(31)24-28;1-2-11-27(12-3-1)39-31-14-6-8-16-33(31)40(34-17-9-7-15-32(34)39)37-22-19-29(25-42-37)28-20-23-38-36(24-28)35-21-18-26-10-4-5-13-30(26)41(35)43-38/h3*1-25H. The number of rotatable bonds is 9. The van der Waals surface area contributed by atoms with E-state index < -0.39 is 0 Å². The van der Waals surface area contributed by atoms with Crippen LogP contribution in [0, 0.1) is 0 Å². The molecule has 0 atom stereocenters. The summed E-state index contributed by atoms with van der Waals surface area (Å²) in [6, 6.07) is 155. The Bertz CT molecular complexity index is 8940. The maximum atomic E-state index is 6.44. The number of fused-ring (bicyclic) bond motifs is 21. The highest BCUT2D eigenvalue weighted by Crippen LogP contribution is 2.50. The van der Waals surface area contributed by atoms with Crippen LogP contribution in [-0.4, -0.2) is 15.0 Å². The van der Waals surface area contributed by atoms with Gasteiger partial charge < -0.3 is 13.3 Å². The summed E-state index contributed by atoms with van der Waals surface area (Å²) in [6.07, 6.45) is 6.00. The lowest BCUT2D eigenvalue weighted by Gasteiger charge is -2.17. The molecule has 27 rings (SSSR count). The van der Waals surface area contributed by atoms with Crippen LogP contribution in [0.15, 0.2) is 469 Å². The minimum Gasteiger partial charge on any atom is -0.455 e. The third-order valence-electron chi connectivity index (χ3n) is 26.1. The first kappa shape index (κ1) is 74.4. The van der Waals surface area contributed by atoms with Crippen molar-refractivity contribution in [3.05, 3.63) is 455 Å². The Labute approximate surface area is 741 Å². The van der Waals surface area contributed by atoms with Crippen molar-refractivity contribution in [2.75, 3.05) is 0 Å². The van der Waals surface area contributed by atoms with Gasteiger partial charge in [0.1, 0.15) is 33.5 Å². The summed E-state index contributed by atoms with van der Waals surface area (Å²) in [5.41, 5.74) is 25.9. The molecule has 0 amide bonds. The summed E-state index contributed by atoms with van der Waals surface area (Å²) in [6.45, 7) is 0. The molecule has 6 nitrogen and oxygen atoms in total. The van der Waals surface area contributed by atoms with Crippen LogP contribution in [0.4, 0.5) is 0 Å². The lowest BCUT2D eigenvalue weighted by Crippen LogP contribution is -1.92. The number of hydrogen-bond donors (Lipinski definition) is 0. The van der Waals surface area contributed by atoms with Crippen molar-refractivity contribution in [1.29, 1.82) is 0 Å². The molecule has 6 aromatic heterocycles. The van der Waals surface area contributed by atoms with E-state index in [1.165, 1.54) is 120 Å². The van der Waals surface area contributed by atoms with Crippen molar-refractivity contribution in [3.63, 3.8) is 0 Å². The fourth-order valence-electron chi connectivity index (χ4n) is 20.2. The van der Waals surface area contributed by atoms with E-state index in [4.69, 9.17) is 28.2 Å². The molecular weight excluding hydrogens is 1570 g/mol. The van der Waals surface area contributed by atoms with Gasteiger partial charge in [-0.25, -0.2) is 0 Å². The second kappa shape index (κ2) is 30.9. The quantitative estimate of drug-likeness (QED) is 0.134. The summed E-state index contributed by atoms with van der Waals surface area (Å²) in [7, 11) is 0. The van der Waals surface area contributed by atoms with Gasteiger partial charge in [0, 0.05) is 100 Å². The molecule has 600 valence electrons. The van der Waals surface area contributed by atoms with Gasteiger partial charge in [-0.05, 0) is 198 Å². The van der Waals surface area contributed by atoms with Gasteiger partial charge in [0.2, 0.25) is 0 Å². The summed E-state index contributed by atoms with van der Waals surface area (Å²) >= 11 is 0. The Morgan fingerprint density at radius 3 is 0.829 bits per heavy atom.